The lowest BCUT2D eigenvalue weighted by Crippen LogP contribution is -2.45. The van der Waals surface area contributed by atoms with Crippen molar-refractivity contribution < 1.29 is 4.79 Å². The number of nitrogens with two attached hydrogens (primary N) is 1. The van der Waals surface area contributed by atoms with E-state index in [4.69, 9.17) is 17.3 Å². The van der Waals surface area contributed by atoms with Crippen LogP contribution in [0.2, 0.25) is 5.02 Å². The number of carbonyl (C=O) groups is 1. The highest BCUT2D eigenvalue weighted by molar-refractivity contribution is 6.30. The second kappa shape index (κ2) is 6.59. The number of hydrogen-bond donors (Lipinski definition) is 2. The standard InChI is InChI=1S/C16H23ClN2O/c1-2-3-7-14(11-18)19-15(20)16(8-9-16)12-5-4-6-13(17)10-12/h4-6,10,14H,2-3,7-9,11,18H2,1H3,(H,19,20). The molecule has 1 aromatic carbocycles. The van der Waals surface area contributed by atoms with Crippen LogP contribution in [0, 0.1) is 0 Å². The highest BCUT2D eigenvalue weighted by Gasteiger charge is 2.51. The van der Waals surface area contributed by atoms with Gasteiger partial charge < -0.3 is 11.1 Å². The Morgan fingerprint density at radius 2 is 2.25 bits per heavy atom. The monoisotopic (exact) mass is 294 g/mol. The van der Waals surface area contributed by atoms with Gasteiger partial charge in [-0.05, 0) is 37.0 Å². The molecule has 0 radical (unpaired) electrons. The van der Waals surface area contributed by atoms with E-state index < -0.39 is 0 Å². The van der Waals surface area contributed by atoms with Crippen molar-refractivity contribution >= 4 is 17.5 Å². The molecular weight excluding hydrogens is 272 g/mol. The Hall–Kier alpha value is -1.06. The first-order valence-corrected chi connectivity index (χ1v) is 7.77. The number of amides is 1. The largest absolute Gasteiger partial charge is 0.351 e. The van der Waals surface area contributed by atoms with Crippen molar-refractivity contribution in [3.05, 3.63) is 34.9 Å². The summed E-state index contributed by atoms with van der Waals surface area (Å²) in [6.07, 6.45) is 4.94. The lowest BCUT2D eigenvalue weighted by atomic mass is 9.94. The number of halogens is 1. The smallest absolute Gasteiger partial charge is 0.230 e. The number of rotatable bonds is 7. The minimum Gasteiger partial charge on any atom is -0.351 e. The summed E-state index contributed by atoms with van der Waals surface area (Å²) >= 11 is 6.03. The molecule has 0 heterocycles. The summed E-state index contributed by atoms with van der Waals surface area (Å²) in [6.45, 7) is 2.64. The highest BCUT2D eigenvalue weighted by atomic mass is 35.5. The van der Waals surface area contributed by atoms with E-state index in [0.717, 1.165) is 37.7 Å². The first-order valence-electron chi connectivity index (χ1n) is 7.39. The topological polar surface area (TPSA) is 55.1 Å². The second-order valence-corrected chi connectivity index (χ2v) is 6.08. The van der Waals surface area contributed by atoms with Crippen LogP contribution < -0.4 is 11.1 Å². The zero-order valence-electron chi connectivity index (χ0n) is 12.0. The SMILES string of the molecule is CCCCC(CN)NC(=O)C1(c2cccc(Cl)c2)CC1. The van der Waals surface area contributed by atoms with E-state index in [1.165, 1.54) is 0 Å². The van der Waals surface area contributed by atoms with E-state index in [9.17, 15) is 4.79 Å². The normalized spacial score (nSPS) is 17.6. The van der Waals surface area contributed by atoms with Crippen LogP contribution in [0.1, 0.15) is 44.6 Å². The maximum absolute atomic E-state index is 12.6. The highest BCUT2D eigenvalue weighted by Crippen LogP contribution is 2.48. The van der Waals surface area contributed by atoms with Gasteiger partial charge in [-0.15, -0.1) is 0 Å². The van der Waals surface area contributed by atoms with E-state index >= 15 is 0 Å². The predicted octanol–water partition coefficient (Wildman–Crippen LogP) is 3.01. The number of carbonyl (C=O) groups excluding carboxylic acids is 1. The summed E-state index contributed by atoms with van der Waals surface area (Å²) in [5.41, 5.74) is 6.40. The molecule has 0 spiro atoms. The quantitative estimate of drug-likeness (QED) is 0.812. The summed E-state index contributed by atoms with van der Waals surface area (Å²) in [4.78, 5) is 12.6. The van der Waals surface area contributed by atoms with Gasteiger partial charge in [-0.2, -0.15) is 0 Å². The molecule has 0 bridgehead atoms. The maximum Gasteiger partial charge on any atom is 0.230 e. The molecule has 1 aromatic rings. The molecule has 1 fully saturated rings. The molecule has 2 rings (SSSR count). The van der Waals surface area contributed by atoms with E-state index in [0.29, 0.717) is 11.6 Å². The van der Waals surface area contributed by atoms with Gasteiger partial charge >= 0.3 is 0 Å². The Morgan fingerprint density at radius 1 is 1.50 bits per heavy atom. The molecule has 3 N–H and O–H groups in total. The zero-order valence-corrected chi connectivity index (χ0v) is 12.7. The Balaban J connectivity index is 2.04. The summed E-state index contributed by atoms with van der Waals surface area (Å²) < 4.78 is 0. The first-order chi connectivity index (χ1) is 9.62. The van der Waals surface area contributed by atoms with Gasteiger partial charge in [0.05, 0.1) is 5.41 Å². The van der Waals surface area contributed by atoms with Crippen molar-refractivity contribution in [2.75, 3.05) is 6.54 Å². The molecule has 1 saturated carbocycles. The molecule has 1 unspecified atom stereocenters. The van der Waals surface area contributed by atoms with Gasteiger partial charge in [0.1, 0.15) is 0 Å². The average molecular weight is 295 g/mol. The lowest BCUT2D eigenvalue weighted by molar-refractivity contribution is -0.124. The predicted molar refractivity (Wildman–Crippen MR) is 82.9 cm³/mol. The van der Waals surface area contributed by atoms with Crippen molar-refractivity contribution in [2.45, 2.75) is 50.5 Å². The molecule has 1 atom stereocenters. The Bertz CT molecular complexity index is 471. The van der Waals surface area contributed by atoms with Crippen LogP contribution in [0.4, 0.5) is 0 Å². The minimum absolute atomic E-state index is 0.0825. The van der Waals surface area contributed by atoms with Crippen molar-refractivity contribution in [3.8, 4) is 0 Å². The van der Waals surface area contributed by atoms with Crippen molar-refractivity contribution in [2.24, 2.45) is 5.73 Å². The van der Waals surface area contributed by atoms with Gasteiger partial charge in [-0.25, -0.2) is 0 Å². The van der Waals surface area contributed by atoms with Crippen molar-refractivity contribution in [1.82, 2.24) is 5.32 Å². The third-order valence-corrected chi connectivity index (χ3v) is 4.32. The zero-order chi connectivity index (χ0) is 14.6. The fourth-order valence-electron chi connectivity index (χ4n) is 2.58. The summed E-state index contributed by atoms with van der Waals surface area (Å²) in [7, 11) is 0. The number of benzene rings is 1. The second-order valence-electron chi connectivity index (χ2n) is 5.64. The van der Waals surface area contributed by atoms with Crippen LogP contribution in [-0.4, -0.2) is 18.5 Å². The maximum atomic E-state index is 12.6. The molecule has 4 heteroatoms. The van der Waals surface area contributed by atoms with E-state index in [1.807, 2.05) is 24.3 Å². The van der Waals surface area contributed by atoms with Gasteiger partial charge in [0, 0.05) is 17.6 Å². The fraction of sp³-hybridized carbons (Fsp3) is 0.562. The number of hydrogen-bond acceptors (Lipinski definition) is 2. The molecule has 0 aromatic heterocycles. The molecule has 110 valence electrons. The van der Waals surface area contributed by atoms with Crippen molar-refractivity contribution in [1.29, 1.82) is 0 Å². The van der Waals surface area contributed by atoms with Crippen LogP contribution in [0.3, 0.4) is 0 Å². The van der Waals surface area contributed by atoms with Crippen LogP contribution in [0.15, 0.2) is 24.3 Å². The molecule has 0 aliphatic heterocycles. The molecule has 1 aliphatic carbocycles. The van der Waals surface area contributed by atoms with Crippen LogP contribution in [0.5, 0.6) is 0 Å². The van der Waals surface area contributed by atoms with E-state index in [-0.39, 0.29) is 17.4 Å². The van der Waals surface area contributed by atoms with Crippen LogP contribution in [0.25, 0.3) is 0 Å². The minimum atomic E-state index is -0.371. The molecule has 20 heavy (non-hydrogen) atoms. The molecule has 0 saturated heterocycles. The molecule has 1 amide bonds. The Morgan fingerprint density at radius 3 is 2.80 bits per heavy atom. The third-order valence-electron chi connectivity index (χ3n) is 4.09. The van der Waals surface area contributed by atoms with Gasteiger partial charge in [-0.3, -0.25) is 4.79 Å². The fourth-order valence-corrected chi connectivity index (χ4v) is 2.77. The number of nitrogens with one attached hydrogen (secondary N) is 1. The van der Waals surface area contributed by atoms with Gasteiger partial charge in [0.25, 0.3) is 0 Å². The van der Waals surface area contributed by atoms with Crippen molar-refractivity contribution in [3.63, 3.8) is 0 Å². The Labute approximate surface area is 125 Å². The Kier molecular flexibility index (Phi) is 5.06. The van der Waals surface area contributed by atoms with Gasteiger partial charge in [0.2, 0.25) is 5.91 Å². The van der Waals surface area contributed by atoms with Crippen LogP contribution >= 0.6 is 11.6 Å². The lowest BCUT2D eigenvalue weighted by Gasteiger charge is -2.21. The third kappa shape index (κ3) is 3.33. The summed E-state index contributed by atoms with van der Waals surface area (Å²) in [6, 6.07) is 7.71. The first kappa shape index (κ1) is 15.3. The molecular formula is C16H23ClN2O. The average Bonchev–Trinajstić information content (AvgIpc) is 3.25. The van der Waals surface area contributed by atoms with E-state index in [2.05, 4.69) is 12.2 Å². The molecule has 3 nitrogen and oxygen atoms in total. The van der Waals surface area contributed by atoms with Crippen LogP contribution in [-0.2, 0) is 10.2 Å². The van der Waals surface area contributed by atoms with Gasteiger partial charge in [-0.1, -0.05) is 43.5 Å². The molecule has 1 aliphatic rings. The number of unbranched alkanes of at least 4 members (excludes halogenated alkanes) is 1. The summed E-state index contributed by atoms with van der Waals surface area (Å²) in [5, 5.41) is 3.80. The summed E-state index contributed by atoms with van der Waals surface area (Å²) in [5.74, 6) is 0.103. The van der Waals surface area contributed by atoms with E-state index in [1.54, 1.807) is 0 Å². The van der Waals surface area contributed by atoms with Gasteiger partial charge in [0.15, 0.2) is 0 Å².